The third kappa shape index (κ3) is 5.16. The molecular formula is C27H24N2O3. The van der Waals surface area contributed by atoms with Crippen molar-refractivity contribution in [3.8, 4) is 17.6 Å². The largest absolute Gasteiger partial charge is 0.489 e. The van der Waals surface area contributed by atoms with Crippen LogP contribution in [-0.4, -0.2) is 20.6 Å². The van der Waals surface area contributed by atoms with Crippen molar-refractivity contribution in [3.05, 3.63) is 95.8 Å². The monoisotopic (exact) mass is 424 g/mol. The Morgan fingerprint density at radius 2 is 1.84 bits per heavy atom. The van der Waals surface area contributed by atoms with E-state index in [1.165, 1.54) is 5.56 Å². The second-order valence-electron chi connectivity index (χ2n) is 7.58. The molecule has 0 radical (unpaired) electrons. The number of benzene rings is 3. The van der Waals surface area contributed by atoms with Crippen LogP contribution in [0.4, 0.5) is 0 Å². The topological polar surface area (TPSA) is 64.3 Å². The number of hydrogen-bond acceptors (Lipinski definition) is 3. The zero-order valence-corrected chi connectivity index (χ0v) is 17.9. The zero-order chi connectivity index (χ0) is 22.3. The molecule has 1 heterocycles. The highest BCUT2D eigenvalue weighted by atomic mass is 16.5. The van der Waals surface area contributed by atoms with Crippen LogP contribution in [-0.2, 0) is 17.9 Å². The van der Waals surface area contributed by atoms with Crippen LogP contribution in [0.15, 0.2) is 79.1 Å². The van der Waals surface area contributed by atoms with E-state index in [0.717, 1.165) is 34.5 Å². The lowest BCUT2D eigenvalue weighted by Crippen LogP contribution is -2.04. The molecule has 0 saturated heterocycles. The second kappa shape index (κ2) is 9.84. The fourth-order valence-electron chi connectivity index (χ4n) is 3.67. The molecular weight excluding hydrogens is 400 g/mol. The van der Waals surface area contributed by atoms with Gasteiger partial charge in [-0.1, -0.05) is 54.5 Å². The average molecular weight is 425 g/mol. The zero-order valence-electron chi connectivity index (χ0n) is 17.9. The number of aromatic nitrogens is 2. The number of rotatable bonds is 8. The summed E-state index contributed by atoms with van der Waals surface area (Å²) in [6.45, 7) is 2.92. The Bertz CT molecular complexity index is 1270. The molecule has 4 aromatic rings. The van der Waals surface area contributed by atoms with Gasteiger partial charge in [-0.05, 0) is 47.9 Å². The first-order chi connectivity index (χ1) is 15.6. The van der Waals surface area contributed by atoms with Crippen molar-refractivity contribution in [2.24, 2.45) is 0 Å². The van der Waals surface area contributed by atoms with E-state index >= 15 is 0 Å². The van der Waals surface area contributed by atoms with E-state index in [0.29, 0.717) is 6.61 Å². The summed E-state index contributed by atoms with van der Waals surface area (Å²) < 4.78 is 8.07. The van der Waals surface area contributed by atoms with Gasteiger partial charge in [0, 0.05) is 6.54 Å². The molecule has 4 rings (SSSR count). The first-order valence-corrected chi connectivity index (χ1v) is 10.5. The van der Waals surface area contributed by atoms with E-state index in [9.17, 15) is 4.79 Å². The van der Waals surface area contributed by atoms with E-state index in [1.807, 2.05) is 54.9 Å². The molecule has 0 saturated carbocycles. The number of imidazole rings is 1. The molecule has 0 spiro atoms. The molecule has 0 fully saturated rings. The fraction of sp³-hybridized carbons (Fsp3) is 0.185. The van der Waals surface area contributed by atoms with E-state index in [-0.39, 0.29) is 12.3 Å². The molecule has 0 aliphatic carbocycles. The molecule has 32 heavy (non-hydrogen) atoms. The molecule has 5 heteroatoms. The molecule has 1 aromatic heterocycles. The first-order valence-electron chi connectivity index (χ1n) is 10.5. The highest BCUT2D eigenvalue weighted by Crippen LogP contribution is 2.23. The number of nitrogens with zero attached hydrogens (tertiary/aromatic N) is 2. The Labute approximate surface area is 187 Å². The molecule has 1 atom stereocenters. The third-order valence-corrected chi connectivity index (χ3v) is 5.27. The molecule has 160 valence electrons. The van der Waals surface area contributed by atoms with Gasteiger partial charge in [0.1, 0.15) is 12.4 Å². The number of aliphatic carboxylic acids is 1. The predicted molar refractivity (Wildman–Crippen MR) is 124 cm³/mol. The van der Waals surface area contributed by atoms with Gasteiger partial charge in [0.25, 0.3) is 0 Å². The lowest BCUT2D eigenvalue weighted by atomic mass is 9.96. The lowest BCUT2D eigenvalue weighted by Gasteiger charge is -2.11. The molecule has 0 aliphatic rings. The fourth-order valence-corrected chi connectivity index (χ4v) is 3.67. The Morgan fingerprint density at radius 1 is 1.06 bits per heavy atom. The van der Waals surface area contributed by atoms with E-state index in [4.69, 9.17) is 9.84 Å². The van der Waals surface area contributed by atoms with E-state index < -0.39 is 5.97 Å². The molecule has 5 nitrogen and oxygen atoms in total. The van der Waals surface area contributed by atoms with Crippen molar-refractivity contribution in [1.29, 1.82) is 0 Å². The van der Waals surface area contributed by atoms with Crippen LogP contribution in [0.2, 0.25) is 0 Å². The van der Waals surface area contributed by atoms with Crippen molar-refractivity contribution in [1.82, 2.24) is 9.55 Å². The Morgan fingerprint density at radius 3 is 2.56 bits per heavy atom. The van der Waals surface area contributed by atoms with Gasteiger partial charge in [-0.25, -0.2) is 4.98 Å². The summed E-state index contributed by atoms with van der Waals surface area (Å²) in [5, 5.41) is 9.09. The Kier molecular flexibility index (Phi) is 6.52. The van der Waals surface area contributed by atoms with Gasteiger partial charge >= 0.3 is 5.97 Å². The number of ether oxygens (including phenoxy) is 1. The summed E-state index contributed by atoms with van der Waals surface area (Å²) in [4.78, 5) is 15.6. The van der Waals surface area contributed by atoms with Crippen molar-refractivity contribution in [2.75, 3.05) is 0 Å². The minimum absolute atomic E-state index is 0.0159. The van der Waals surface area contributed by atoms with Crippen molar-refractivity contribution in [2.45, 2.75) is 32.4 Å². The van der Waals surface area contributed by atoms with Crippen LogP contribution < -0.4 is 4.74 Å². The number of carbonyl (C=O) groups is 1. The predicted octanol–water partition coefficient (Wildman–Crippen LogP) is 5.25. The normalized spacial score (nSPS) is 11.5. The first kappa shape index (κ1) is 21.2. The van der Waals surface area contributed by atoms with Gasteiger partial charge in [-0.15, -0.1) is 5.92 Å². The summed E-state index contributed by atoms with van der Waals surface area (Å²) in [7, 11) is 0. The van der Waals surface area contributed by atoms with Gasteiger partial charge < -0.3 is 14.4 Å². The lowest BCUT2D eigenvalue weighted by molar-refractivity contribution is -0.137. The Balaban J connectivity index is 1.41. The minimum atomic E-state index is -0.861. The number of carboxylic acid groups (broad SMARTS) is 1. The molecule has 3 aromatic carbocycles. The van der Waals surface area contributed by atoms with Crippen molar-refractivity contribution >= 4 is 17.0 Å². The number of carboxylic acids is 1. The SMILES string of the molecule is CC#C[C@@H](CC(=O)O)c1ccc(OCc2ccc3c(c2)ncn3Cc2ccccc2)cc1. The minimum Gasteiger partial charge on any atom is -0.489 e. The molecule has 0 aliphatic heterocycles. The quantitative estimate of drug-likeness (QED) is 0.393. The maximum absolute atomic E-state index is 11.1. The van der Waals surface area contributed by atoms with Crippen LogP contribution in [0, 0.1) is 11.8 Å². The molecule has 0 unspecified atom stereocenters. The average Bonchev–Trinajstić information content (AvgIpc) is 3.20. The van der Waals surface area contributed by atoms with Crippen LogP contribution >= 0.6 is 0 Å². The molecule has 1 N–H and O–H groups in total. The van der Waals surface area contributed by atoms with Crippen LogP contribution in [0.3, 0.4) is 0 Å². The summed E-state index contributed by atoms with van der Waals surface area (Å²) in [5.41, 5.74) is 5.17. The standard InChI is InChI=1S/C27H24N2O3/c1-2-6-23(16-27(30)31)22-10-12-24(13-11-22)32-18-21-9-14-26-25(15-21)28-19-29(26)17-20-7-4-3-5-8-20/h3-5,7-15,19,23H,16-18H2,1H3,(H,30,31)/t23-/m0/s1. The van der Waals surface area contributed by atoms with Crippen molar-refractivity contribution in [3.63, 3.8) is 0 Å². The highest BCUT2D eigenvalue weighted by Gasteiger charge is 2.13. The van der Waals surface area contributed by atoms with Gasteiger partial charge in [0.05, 0.1) is 29.7 Å². The summed E-state index contributed by atoms with van der Waals surface area (Å²) in [6, 6.07) is 24.0. The van der Waals surface area contributed by atoms with Gasteiger partial charge in [-0.2, -0.15) is 0 Å². The summed E-state index contributed by atoms with van der Waals surface area (Å²) in [6.07, 6.45) is 1.85. The van der Waals surface area contributed by atoms with Crippen LogP contribution in [0.5, 0.6) is 5.75 Å². The van der Waals surface area contributed by atoms with Crippen molar-refractivity contribution < 1.29 is 14.6 Å². The van der Waals surface area contributed by atoms with Gasteiger partial charge in [0.2, 0.25) is 0 Å². The summed E-state index contributed by atoms with van der Waals surface area (Å²) >= 11 is 0. The van der Waals surface area contributed by atoms with E-state index in [1.54, 1.807) is 6.92 Å². The maximum Gasteiger partial charge on any atom is 0.304 e. The Hall–Kier alpha value is -4.04. The van der Waals surface area contributed by atoms with E-state index in [2.05, 4.69) is 45.7 Å². The van der Waals surface area contributed by atoms with Crippen LogP contribution in [0.25, 0.3) is 11.0 Å². The number of hydrogen-bond donors (Lipinski definition) is 1. The van der Waals surface area contributed by atoms with Crippen LogP contribution in [0.1, 0.15) is 36.0 Å². The maximum atomic E-state index is 11.1. The molecule has 0 bridgehead atoms. The smallest absolute Gasteiger partial charge is 0.304 e. The second-order valence-corrected chi connectivity index (χ2v) is 7.58. The summed E-state index contributed by atoms with van der Waals surface area (Å²) in [5.74, 6) is 5.31. The van der Waals surface area contributed by atoms with Gasteiger partial charge in [-0.3, -0.25) is 4.79 Å². The molecule has 0 amide bonds. The highest BCUT2D eigenvalue weighted by molar-refractivity contribution is 5.76. The van der Waals surface area contributed by atoms with Gasteiger partial charge in [0.15, 0.2) is 0 Å². The third-order valence-electron chi connectivity index (χ3n) is 5.27. The number of fused-ring (bicyclic) bond motifs is 1.